The van der Waals surface area contributed by atoms with Gasteiger partial charge in [-0.3, -0.25) is 0 Å². The molecule has 88 valence electrons. The van der Waals surface area contributed by atoms with Crippen molar-refractivity contribution in [1.29, 1.82) is 0 Å². The summed E-state index contributed by atoms with van der Waals surface area (Å²) in [5.74, 6) is 0. The van der Waals surface area contributed by atoms with Gasteiger partial charge in [-0.05, 0) is 13.8 Å². The second-order valence-corrected chi connectivity index (χ2v) is 4.62. The Morgan fingerprint density at radius 2 is 1.13 bits per heavy atom. The third kappa shape index (κ3) is 14.7. The standard InChI is InChI=1S/2C4H9NS2.Se/c2*1-3-5(2)4(6)7;/h2*3H2,1-2H3,(H,6,7);/q;;+2/p-2. The zero-order valence-electron chi connectivity index (χ0n) is 9.35. The van der Waals surface area contributed by atoms with Crippen LogP contribution in [0.4, 0.5) is 0 Å². The molecular formula is C8H16N2S4Se. The summed E-state index contributed by atoms with van der Waals surface area (Å²) in [6.07, 6.45) is 0. The molecule has 0 saturated carbocycles. The number of thiocarbonyl (C=S) groups is 2. The van der Waals surface area contributed by atoms with Gasteiger partial charge < -0.3 is 59.5 Å². The summed E-state index contributed by atoms with van der Waals surface area (Å²) >= 11 is 18.6. The molecule has 0 bridgehead atoms. The molecule has 0 aromatic carbocycles. The van der Waals surface area contributed by atoms with Crippen LogP contribution in [0.3, 0.4) is 0 Å². The smallest absolute Gasteiger partial charge is 0.411 e. The summed E-state index contributed by atoms with van der Waals surface area (Å²) in [4.78, 5) is 3.68. The zero-order chi connectivity index (χ0) is 11.7. The number of rotatable bonds is 2. The third-order valence-corrected chi connectivity index (χ3v) is 2.82. The molecule has 15 heavy (non-hydrogen) atoms. The number of hydrogen-bond donors (Lipinski definition) is 0. The predicted molar refractivity (Wildman–Crippen MR) is 82.3 cm³/mol. The summed E-state index contributed by atoms with van der Waals surface area (Å²) in [6, 6.07) is 0. The Morgan fingerprint density at radius 3 is 1.13 bits per heavy atom. The number of nitrogens with zero attached hydrogens (tertiary/aromatic N) is 2. The van der Waals surface area contributed by atoms with E-state index in [0.29, 0.717) is 8.64 Å². The van der Waals surface area contributed by atoms with Crippen LogP contribution in [-0.4, -0.2) is 62.7 Å². The Labute approximate surface area is 125 Å². The van der Waals surface area contributed by atoms with Crippen molar-refractivity contribution in [2.24, 2.45) is 0 Å². The average molecular weight is 347 g/mol. The van der Waals surface area contributed by atoms with Gasteiger partial charge in [0.15, 0.2) is 0 Å². The molecule has 0 aliphatic carbocycles. The maximum Gasteiger partial charge on any atom is 2.00 e. The first-order valence-electron chi connectivity index (χ1n) is 4.20. The molecular weight excluding hydrogens is 331 g/mol. The SMILES string of the molecule is CCN(C)C(=S)[S-].CCN(C)C(=S)[S-].[Se+2]. The predicted octanol–water partition coefficient (Wildman–Crippen LogP) is 1.16. The normalized spacial score (nSPS) is 7.73. The fourth-order valence-corrected chi connectivity index (χ4v) is 0.775. The van der Waals surface area contributed by atoms with Crippen LogP contribution in [0.1, 0.15) is 13.8 Å². The molecule has 0 unspecified atom stereocenters. The van der Waals surface area contributed by atoms with E-state index in [0.717, 1.165) is 13.1 Å². The molecule has 0 amide bonds. The van der Waals surface area contributed by atoms with Crippen molar-refractivity contribution in [2.45, 2.75) is 13.8 Å². The van der Waals surface area contributed by atoms with E-state index in [1.165, 1.54) is 0 Å². The van der Waals surface area contributed by atoms with E-state index in [1.54, 1.807) is 0 Å². The Hall–Kier alpha value is 0.739. The molecule has 0 atom stereocenters. The fraction of sp³-hybridized carbons (Fsp3) is 0.750. The second kappa shape index (κ2) is 12.8. The molecule has 0 aromatic rings. The van der Waals surface area contributed by atoms with Crippen molar-refractivity contribution in [3.05, 3.63) is 0 Å². The van der Waals surface area contributed by atoms with Crippen molar-refractivity contribution < 1.29 is 0 Å². The van der Waals surface area contributed by atoms with Gasteiger partial charge in [-0.1, -0.05) is 8.64 Å². The minimum atomic E-state index is 0. The molecule has 2 nitrogen and oxygen atoms in total. The van der Waals surface area contributed by atoms with Crippen LogP contribution >= 0.6 is 24.4 Å². The van der Waals surface area contributed by atoms with Gasteiger partial charge in [-0.15, -0.1) is 0 Å². The van der Waals surface area contributed by atoms with Gasteiger partial charge in [-0.25, -0.2) is 0 Å². The molecule has 7 heteroatoms. The fourth-order valence-electron chi connectivity index (χ4n) is 0.258. The van der Waals surface area contributed by atoms with E-state index < -0.39 is 0 Å². The largest absolute Gasteiger partial charge is 2.00 e. The van der Waals surface area contributed by atoms with Crippen molar-refractivity contribution in [1.82, 2.24) is 9.80 Å². The van der Waals surface area contributed by atoms with Crippen LogP contribution in [-0.2, 0) is 25.3 Å². The topological polar surface area (TPSA) is 6.48 Å². The van der Waals surface area contributed by atoms with Crippen LogP contribution in [0.15, 0.2) is 0 Å². The van der Waals surface area contributed by atoms with Gasteiger partial charge in [-0.2, -0.15) is 0 Å². The molecule has 4 radical (unpaired) electrons. The van der Waals surface area contributed by atoms with Gasteiger partial charge in [0, 0.05) is 27.2 Å². The van der Waals surface area contributed by atoms with Crippen LogP contribution in [0.5, 0.6) is 0 Å². The quantitative estimate of drug-likeness (QED) is 0.417. The molecule has 0 heterocycles. The molecule has 0 aromatic heterocycles. The third-order valence-electron chi connectivity index (χ3n) is 1.57. The van der Waals surface area contributed by atoms with E-state index in [9.17, 15) is 0 Å². The summed E-state index contributed by atoms with van der Waals surface area (Å²) < 4.78 is 1.09. The van der Waals surface area contributed by atoms with Gasteiger partial charge in [0.2, 0.25) is 0 Å². The first-order chi connectivity index (χ1) is 6.36. The minimum Gasteiger partial charge on any atom is -0.411 e. The van der Waals surface area contributed by atoms with Gasteiger partial charge in [0.05, 0.1) is 0 Å². The first kappa shape index (κ1) is 21.1. The average Bonchev–Trinajstić information content (AvgIpc) is 2.15. The van der Waals surface area contributed by atoms with E-state index in [-0.39, 0.29) is 17.1 Å². The van der Waals surface area contributed by atoms with Crippen molar-refractivity contribution in [3.8, 4) is 0 Å². The molecule has 0 saturated heterocycles. The van der Waals surface area contributed by atoms with E-state index in [2.05, 4.69) is 49.7 Å². The molecule has 0 rings (SSSR count). The Kier molecular flexibility index (Phi) is 18.0. The zero-order valence-corrected chi connectivity index (χ0v) is 14.3. The van der Waals surface area contributed by atoms with Gasteiger partial charge in [0.1, 0.15) is 0 Å². The van der Waals surface area contributed by atoms with Crippen molar-refractivity contribution in [2.75, 3.05) is 27.2 Å². The van der Waals surface area contributed by atoms with E-state index >= 15 is 0 Å². The maximum absolute atomic E-state index is 4.66. The van der Waals surface area contributed by atoms with E-state index in [1.807, 2.05) is 37.7 Å². The summed E-state index contributed by atoms with van der Waals surface area (Å²) in [7, 11) is 3.77. The van der Waals surface area contributed by atoms with E-state index in [4.69, 9.17) is 0 Å². The molecule has 0 aliphatic heterocycles. The van der Waals surface area contributed by atoms with Crippen molar-refractivity contribution in [3.63, 3.8) is 0 Å². The molecule has 0 fully saturated rings. The Balaban J connectivity index is -0.000000180. The van der Waals surface area contributed by atoms with Gasteiger partial charge >= 0.3 is 17.1 Å². The summed E-state index contributed by atoms with van der Waals surface area (Å²) in [5.41, 5.74) is 0. The van der Waals surface area contributed by atoms with Gasteiger partial charge in [0.25, 0.3) is 0 Å². The Morgan fingerprint density at radius 1 is 0.933 bits per heavy atom. The summed E-state index contributed by atoms with van der Waals surface area (Å²) in [5, 5.41) is 0. The second-order valence-electron chi connectivity index (χ2n) is 2.56. The molecule has 0 N–H and O–H groups in total. The molecule has 0 aliphatic rings. The minimum absolute atomic E-state index is 0. The first-order valence-corrected chi connectivity index (χ1v) is 5.84. The summed E-state index contributed by atoms with van der Waals surface area (Å²) in [6.45, 7) is 5.84. The van der Waals surface area contributed by atoms with Crippen LogP contribution in [0, 0.1) is 0 Å². The molecule has 0 spiro atoms. The van der Waals surface area contributed by atoms with Crippen molar-refractivity contribution >= 4 is 75.4 Å². The van der Waals surface area contributed by atoms with Crippen LogP contribution < -0.4 is 0 Å². The van der Waals surface area contributed by atoms with Crippen LogP contribution in [0.2, 0.25) is 0 Å². The van der Waals surface area contributed by atoms with Crippen LogP contribution in [0.25, 0.3) is 0 Å². The number of hydrogen-bond acceptors (Lipinski definition) is 4. The Bertz CT molecular complexity index is 169. The maximum atomic E-state index is 4.66. The monoisotopic (exact) mass is 348 g/mol.